The van der Waals surface area contributed by atoms with Crippen LogP contribution in [0.25, 0.3) is 0 Å². The van der Waals surface area contributed by atoms with Crippen molar-refractivity contribution in [3.63, 3.8) is 0 Å². The number of nitrogen functional groups attached to an aromatic ring is 1. The van der Waals surface area contributed by atoms with Crippen LogP contribution < -0.4 is 10.5 Å². The molecule has 0 amide bonds. The van der Waals surface area contributed by atoms with Crippen LogP contribution in [-0.4, -0.2) is 24.6 Å². The van der Waals surface area contributed by atoms with Crippen molar-refractivity contribution in [2.75, 3.05) is 19.4 Å². The molecule has 0 bridgehead atoms. The van der Waals surface area contributed by atoms with E-state index in [4.69, 9.17) is 10.5 Å². The Balaban J connectivity index is 2.83. The first-order valence-electron chi connectivity index (χ1n) is 6.29. The van der Waals surface area contributed by atoms with Gasteiger partial charge in [-0.15, -0.1) is 0 Å². The zero-order valence-electron chi connectivity index (χ0n) is 11.4. The van der Waals surface area contributed by atoms with Crippen molar-refractivity contribution in [1.29, 1.82) is 0 Å². The minimum Gasteiger partial charge on any atom is -0.494 e. The lowest BCUT2D eigenvalue weighted by molar-refractivity contribution is 0.238. The molecule has 0 heterocycles. The van der Waals surface area contributed by atoms with Crippen molar-refractivity contribution in [3.05, 3.63) is 23.8 Å². The van der Waals surface area contributed by atoms with E-state index in [0.717, 1.165) is 30.0 Å². The third kappa shape index (κ3) is 3.93. The first-order valence-corrected chi connectivity index (χ1v) is 6.29. The zero-order valence-corrected chi connectivity index (χ0v) is 11.4. The third-order valence-corrected chi connectivity index (χ3v) is 3.15. The topological polar surface area (TPSA) is 38.5 Å². The quantitative estimate of drug-likeness (QED) is 0.772. The number of rotatable bonds is 6. The van der Waals surface area contributed by atoms with Crippen LogP contribution in [0.2, 0.25) is 0 Å². The number of benzene rings is 1. The van der Waals surface area contributed by atoms with Gasteiger partial charge in [0, 0.05) is 23.8 Å². The second-order valence-corrected chi connectivity index (χ2v) is 4.47. The highest BCUT2D eigenvalue weighted by molar-refractivity contribution is 5.47. The van der Waals surface area contributed by atoms with Crippen molar-refractivity contribution < 1.29 is 4.74 Å². The van der Waals surface area contributed by atoms with Gasteiger partial charge in [-0.3, -0.25) is 4.90 Å². The molecule has 3 nitrogen and oxygen atoms in total. The number of hydrogen-bond acceptors (Lipinski definition) is 3. The average Bonchev–Trinajstić information content (AvgIpc) is 2.31. The Morgan fingerprint density at radius 3 is 2.65 bits per heavy atom. The Bertz CT molecular complexity index is 352. The number of anilines is 1. The van der Waals surface area contributed by atoms with Gasteiger partial charge in [-0.1, -0.05) is 6.92 Å². The summed E-state index contributed by atoms with van der Waals surface area (Å²) in [7, 11) is 2.13. The predicted octanol–water partition coefficient (Wildman–Crippen LogP) is 2.90. The summed E-state index contributed by atoms with van der Waals surface area (Å²) in [6.45, 7) is 7.98. The first kappa shape index (κ1) is 13.8. The summed E-state index contributed by atoms with van der Waals surface area (Å²) < 4.78 is 5.62. The lowest BCUT2D eigenvalue weighted by Crippen LogP contribution is -2.28. The van der Waals surface area contributed by atoms with Crippen LogP contribution in [0.1, 0.15) is 32.8 Å². The lowest BCUT2D eigenvalue weighted by Gasteiger charge is -2.24. The number of nitrogens with two attached hydrogens (primary N) is 1. The molecule has 2 N–H and O–H groups in total. The van der Waals surface area contributed by atoms with Gasteiger partial charge in [0.1, 0.15) is 5.75 Å². The van der Waals surface area contributed by atoms with Gasteiger partial charge in [0.2, 0.25) is 0 Å². The van der Waals surface area contributed by atoms with Crippen LogP contribution in [0.3, 0.4) is 0 Å². The van der Waals surface area contributed by atoms with Crippen molar-refractivity contribution in [3.8, 4) is 5.75 Å². The molecular formula is C14H24N2O. The Hall–Kier alpha value is -1.22. The van der Waals surface area contributed by atoms with Gasteiger partial charge in [0.15, 0.2) is 0 Å². The van der Waals surface area contributed by atoms with Crippen LogP contribution in [0, 0.1) is 0 Å². The van der Waals surface area contributed by atoms with Gasteiger partial charge in [-0.05, 0) is 45.5 Å². The molecule has 96 valence electrons. The fourth-order valence-electron chi connectivity index (χ4n) is 1.76. The molecule has 1 unspecified atom stereocenters. The maximum absolute atomic E-state index is 5.83. The van der Waals surface area contributed by atoms with Gasteiger partial charge >= 0.3 is 0 Å². The second kappa shape index (κ2) is 6.50. The standard InChI is InChI=1S/C14H24N2O/c1-5-11(3)16(4)10-12-9-13(15)7-8-14(12)17-6-2/h7-9,11H,5-6,10,15H2,1-4H3. The highest BCUT2D eigenvalue weighted by atomic mass is 16.5. The smallest absolute Gasteiger partial charge is 0.123 e. The fraction of sp³-hybridized carbons (Fsp3) is 0.571. The average molecular weight is 236 g/mol. The van der Waals surface area contributed by atoms with E-state index in [2.05, 4.69) is 25.8 Å². The molecule has 0 spiro atoms. The summed E-state index contributed by atoms with van der Waals surface area (Å²) in [5, 5.41) is 0. The first-order chi connectivity index (χ1) is 8.08. The van der Waals surface area contributed by atoms with Crippen LogP contribution in [-0.2, 0) is 6.54 Å². The Morgan fingerprint density at radius 2 is 2.06 bits per heavy atom. The summed E-state index contributed by atoms with van der Waals surface area (Å²) in [6.07, 6.45) is 1.14. The minimum absolute atomic E-state index is 0.561. The Morgan fingerprint density at radius 1 is 1.35 bits per heavy atom. The molecule has 0 aliphatic heterocycles. The van der Waals surface area contributed by atoms with E-state index in [1.807, 2.05) is 25.1 Å². The highest BCUT2D eigenvalue weighted by Crippen LogP contribution is 2.23. The summed E-state index contributed by atoms with van der Waals surface area (Å²) >= 11 is 0. The summed E-state index contributed by atoms with van der Waals surface area (Å²) in [5.74, 6) is 0.942. The molecule has 0 aliphatic carbocycles. The molecule has 1 atom stereocenters. The summed E-state index contributed by atoms with van der Waals surface area (Å²) in [5.41, 5.74) is 7.79. The van der Waals surface area contributed by atoms with E-state index in [0.29, 0.717) is 12.6 Å². The lowest BCUT2D eigenvalue weighted by atomic mass is 10.1. The molecule has 0 aliphatic rings. The number of hydrogen-bond donors (Lipinski definition) is 1. The zero-order chi connectivity index (χ0) is 12.8. The summed E-state index contributed by atoms with van der Waals surface area (Å²) in [4.78, 5) is 2.32. The molecule has 1 rings (SSSR count). The molecular weight excluding hydrogens is 212 g/mol. The van der Waals surface area contributed by atoms with Crippen LogP contribution in [0.4, 0.5) is 5.69 Å². The normalized spacial score (nSPS) is 12.8. The van der Waals surface area contributed by atoms with Crippen LogP contribution >= 0.6 is 0 Å². The molecule has 1 aromatic rings. The molecule has 17 heavy (non-hydrogen) atoms. The highest BCUT2D eigenvalue weighted by Gasteiger charge is 2.11. The third-order valence-electron chi connectivity index (χ3n) is 3.15. The molecule has 1 aromatic carbocycles. The predicted molar refractivity (Wildman–Crippen MR) is 73.2 cm³/mol. The molecule has 0 saturated heterocycles. The van der Waals surface area contributed by atoms with Crippen molar-refractivity contribution >= 4 is 5.69 Å². The monoisotopic (exact) mass is 236 g/mol. The van der Waals surface area contributed by atoms with Crippen molar-refractivity contribution in [2.24, 2.45) is 0 Å². The van der Waals surface area contributed by atoms with Gasteiger partial charge in [-0.2, -0.15) is 0 Å². The van der Waals surface area contributed by atoms with Crippen LogP contribution in [0.5, 0.6) is 5.75 Å². The van der Waals surface area contributed by atoms with Crippen molar-refractivity contribution in [1.82, 2.24) is 4.90 Å². The van der Waals surface area contributed by atoms with E-state index in [1.54, 1.807) is 0 Å². The fourth-order valence-corrected chi connectivity index (χ4v) is 1.76. The Labute approximate surface area is 105 Å². The maximum Gasteiger partial charge on any atom is 0.123 e. The molecule has 0 fully saturated rings. The van der Waals surface area contributed by atoms with E-state index < -0.39 is 0 Å². The van der Waals surface area contributed by atoms with Crippen LogP contribution in [0.15, 0.2) is 18.2 Å². The van der Waals surface area contributed by atoms with Gasteiger partial charge in [-0.25, -0.2) is 0 Å². The van der Waals surface area contributed by atoms with Gasteiger partial charge < -0.3 is 10.5 Å². The van der Waals surface area contributed by atoms with E-state index in [1.165, 1.54) is 0 Å². The minimum atomic E-state index is 0.561. The molecule has 0 radical (unpaired) electrons. The second-order valence-electron chi connectivity index (χ2n) is 4.47. The largest absolute Gasteiger partial charge is 0.494 e. The number of ether oxygens (including phenoxy) is 1. The van der Waals surface area contributed by atoms with Gasteiger partial charge in [0.25, 0.3) is 0 Å². The van der Waals surface area contributed by atoms with E-state index in [9.17, 15) is 0 Å². The molecule has 0 aromatic heterocycles. The summed E-state index contributed by atoms with van der Waals surface area (Å²) in [6, 6.07) is 6.41. The van der Waals surface area contributed by atoms with Gasteiger partial charge in [0.05, 0.1) is 6.61 Å². The van der Waals surface area contributed by atoms with E-state index >= 15 is 0 Å². The Kier molecular flexibility index (Phi) is 5.29. The van der Waals surface area contributed by atoms with Crippen molar-refractivity contribution in [2.45, 2.75) is 39.8 Å². The SMILES string of the molecule is CCOc1ccc(N)cc1CN(C)C(C)CC. The maximum atomic E-state index is 5.83. The molecule has 0 saturated carbocycles. The molecule has 3 heteroatoms. The van der Waals surface area contributed by atoms with E-state index in [-0.39, 0.29) is 0 Å². The number of nitrogens with zero attached hydrogens (tertiary/aromatic N) is 1.